The summed E-state index contributed by atoms with van der Waals surface area (Å²) in [6.07, 6.45) is 3.13. The molecule has 114 valence electrons. The van der Waals surface area contributed by atoms with Crippen LogP contribution in [0.15, 0.2) is 29.1 Å². The fourth-order valence-electron chi connectivity index (χ4n) is 2.64. The Labute approximate surface area is 127 Å². The van der Waals surface area contributed by atoms with Crippen LogP contribution in [0.4, 0.5) is 0 Å². The molecule has 3 nitrogen and oxygen atoms in total. The van der Waals surface area contributed by atoms with Gasteiger partial charge in [-0.2, -0.15) is 0 Å². The van der Waals surface area contributed by atoms with Gasteiger partial charge in [0, 0.05) is 12.2 Å². The van der Waals surface area contributed by atoms with Crippen LogP contribution < -0.4 is 5.56 Å². The molecular formula is C18H26N2O. The minimum absolute atomic E-state index is 0.0330. The molecule has 0 aliphatic carbocycles. The Morgan fingerprint density at radius 1 is 1.19 bits per heavy atom. The maximum Gasteiger partial charge on any atom is 0.272 e. The van der Waals surface area contributed by atoms with Crippen molar-refractivity contribution in [1.29, 1.82) is 0 Å². The third-order valence-corrected chi connectivity index (χ3v) is 3.76. The van der Waals surface area contributed by atoms with E-state index in [1.807, 2.05) is 12.1 Å². The molecule has 0 spiro atoms. The summed E-state index contributed by atoms with van der Waals surface area (Å²) < 4.78 is 2.06. The number of benzene rings is 1. The summed E-state index contributed by atoms with van der Waals surface area (Å²) in [7, 11) is 0. The highest BCUT2D eigenvalue weighted by molar-refractivity contribution is 5.65. The van der Waals surface area contributed by atoms with E-state index in [9.17, 15) is 4.79 Å². The first-order valence-corrected chi connectivity index (χ1v) is 7.91. The molecule has 0 bridgehead atoms. The van der Waals surface area contributed by atoms with Crippen LogP contribution in [0, 0.1) is 12.8 Å². The highest BCUT2D eigenvalue weighted by Gasteiger charge is 2.17. The smallest absolute Gasteiger partial charge is 0.272 e. The number of nitrogens with zero attached hydrogens (tertiary/aromatic N) is 1. The summed E-state index contributed by atoms with van der Waals surface area (Å²) in [5.41, 5.74) is 4.26. The van der Waals surface area contributed by atoms with E-state index in [0.717, 1.165) is 42.6 Å². The third-order valence-electron chi connectivity index (χ3n) is 3.76. The summed E-state index contributed by atoms with van der Waals surface area (Å²) in [5, 5.41) is 3.03. The first-order chi connectivity index (χ1) is 10.0. The van der Waals surface area contributed by atoms with Crippen molar-refractivity contribution in [2.75, 3.05) is 0 Å². The second-order valence-corrected chi connectivity index (χ2v) is 6.23. The molecule has 2 aromatic rings. The van der Waals surface area contributed by atoms with E-state index in [1.165, 1.54) is 5.56 Å². The Kier molecular flexibility index (Phi) is 5.05. The van der Waals surface area contributed by atoms with Gasteiger partial charge in [-0.05, 0) is 31.2 Å². The minimum Gasteiger partial charge on any atom is -0.289 e. The molecule has 0 saturated carbocycles. The number of H-pyrrole nitrogens is 1. The molecule has 0 saturated heterocycles. The number of unbranched alkanes of at least 4 members (excludes halogenated alkanes) is 1. The number of rotatable bonds is 6. The maximum absolute atomic E-state index is 12.4. The fourth-order valence-corrected chi connectivity index (χ4v) is 2.64. The molecule has 0 aliphatic rings. The normalized spacial score (nSPS) is 11.3. The first-order valence-electron chi connectivity index (χ1n) is 7.91. The predicted molar refractivity (Wildman–Crippen MR) is 88.7 cm³/mol. The summed E-state index contributed by atoms with van der Waals surface area (Å²) in [4.78, 5) is 12.4. The van der Waals surface area contributed by atoms with Crippen molar-refractivity contribution in [3.8, 4) is 11.1 Å². The average Bonchev–Trinajstić information content (AvgIpc) is 2.73. The van der Waals surface area contributed by atoms with Crippen molar-refractivity contribution >= 4 is 0 Å². The van der Waals surface area contributed by atoms with Gasteiger partial charge >= 0.3 is 0 Å². The van der Waals surface area contributed by atoms with Crippen LogP contribution >= 0.6 is 0 Å². The molecule has 1 heterocycles. The molecule has 0 radical (unpaired) electrons. The largest absolute Gasteiger partial charge is 0.289 e. The van der Waals surface area contributed by atoms with Gasteiger partial charge in [0.1, 0.15) is 0 Å². The Balaban J connectivity index is 2.50. The van der Waals surface area contributed by atoms with Crippen molar-refractivity contribution < 1.29 is 0 Å². The predicted octanol–water partition coefficient (Wildman–Crippen LogP) is 4.15. The summed E-state index contributed by atoms with van der Waals surface area (Å²) in [5.74, 6) is 0.525. The van der Waals surface area contributed by atoms with Crippen molar-refractivity contribution in [3.05, 3.63) is 45.9 Å². The lowest BCUT2D eigenvalue weighted by Crippen LogP contribution is -2.09. The lowest BCUT2D eigenvalue weighted by Gasteiger charge is -2.12. The molecule has 0 fully saturated rings. The van der Waals surface area contributed by atoms with Gasteiger partial charge in [0.2, 0.25) is 0 Å². The molecule has 21 heavy (non-hydrogen) atoms. The van der Waals surface area contributed by atoms with Gasteiger partial charge in [-0.25, -0.2) is 0 Å². The lowest BCUT2D eigenvalue weighted by molar-refractivity contribution is 0.520. The van der Waals surface area contributed by atoms with Gasteiger partial charge in [0.25, 0.3) is 5.56 Å². The van der Waals surface area contributed by atoms with Crippen LogP contribution in [0.25, 0.3) is 11.1 Å². The van der Waals surface area contributed by atoms with Crippen LogP contribution in [-0.2, 0) is 13.0 Å². The number of hydrogen-bond acceptors (Lipinski definition) is 1. The zero-order valence-corrected chi connectivity index (χ0v) is 13.6. The second-order valence-electron chi connectivity index (χ2n) is 6.23. The molecule has 1 N–H and O–H groups in total. The fraction of sp³-hybridized carbons (Fsp3) is 0.500. The Morgan fingerprint density at radius 3 is 2.43 bits per heavy atom. The molecule has 0 atom stereocenters. The van der Waals surface area contributed by atoms with Crippen LogP contribution in [0.2, 0.25) is 0 Å². The Morgan fingerprint density at radius 2 is 1.86 bits per heavy atom. The van der Waals surface area contributed by atoms with E-state index in [4.69, 9.17) is 0 Å². The SMILES string of the molecule is CCCCn1[nH]c(=O)c(-c2ccc(C)cc2)c1CC(C)C. The van der Waals surface area contributed by atoms with E-state index in [-0.39, 0.29) is 5.56 Å². The summed E-state index contributed by atoms with van der Waals surface area (Å²) in [6.45, 7) is 9.51. The van der Waals surface area contributed by atoms with Gasteiger partial charge in [0.15, 0.2) is 0 Å². The van der Waals surface area contributed by atoms with Crippen LogP contribution in [-0.4, -0.2) is 9.78 Å². The maximum atomic E-state index is 12.4. The van der Waals surface area contributed by atoms with Crippen molar-refractivity contribution in [2.24, 2.45) is 5.92 Å². The molecule has 1 aromatic heterocycles. The van der Waals surface area contributed by atoms with E-state index < -0.39 is 0 Å². The van der Waals surface area contributed by atoms with Gasteiger partial charge in [0.05, 0.1) is 5.56 Å². The number of aryl methyl sites for hydroxylation is 2. The molecule has 0 amide bonds. The number of hydrogen-bond donors (Lipinski definition) is 1. The number of nitrogens with one attached hydrogen (secondary N) is 1. The molecule has 1 aromatic carbocycles. The zero-order chi connectivity index (χ0) is 15.4. The average molecular weight is 286 g/mol. The van der Waals surface area contributed by atoms with E-state index >= 15 is 0 Å². The highest BCUT2D eigenvalue weighted by atomic mass is 16.1. The van der Waals surface area contributed by atoms with Crippen molar-refractivity contribution in [1.82, 2.24) is 9.78 Å². The quantitative estimate of drug-likeness (QED) is 0.851. The van der Waals surface area contributed by atoms with Gasteiger partial charge in [-0.15, -0.1) is 0 Å². The Bertz CT molecular complexity index is 632. The van der Waals surface area contributed by atoms with Crippen LogP contribution in [0.1, 0.15) is 44.9 Å². The second kappa shape index (κ2) is 6.79. The molecular weight excluding hydrogens is 260 g/mol. The topological polar surface area (TPSA) is 37.8 Å². The highest BCUT2D eigenvalue weighted by Crippen LogP contribution is 2.23. The van der Waals surface area contributed by atoms with E-state index in [0.29, 0.717) is 5.92 Å². The zero-order valence-electron chi connectivity index (χ0n) is 13.6. The van der Waals surface area contributed by atoms with Crippen LogP contribution in [0.3, 0.4) is 0 Å². The third kappa shape index (κ3) is 3.66. The minimum atomic E-state index is 0.0330. The Hall–Kier alpha value is -1.77. The first kappa shape index (κ1) is 15.6. The molecule has 0 aliphatic heterocycles. The molecule has 0 unspecified atom stereocenters. The van der Waals surface area contributed by atoms with Gasteiger partial charge < -0.3 is 0 Å². The standard InChI is InChI=1S/C18H26N2O/c1-5-6-11-20-16(12-13(2)3)17(18(21)19-20)15-9-7-14(4)8-10-15/h7-10,13H,5-6,11-12H2,1-4H3,(H,19,21). The monoisotopic (exact) mass is 286 g/mol. The van der Waals surface area contributed by atoms with E-state index in [2.05, 4.69) is 49.6 Å². The van der Waals surface area contributed by atoms with Crippen molar-refractivity contribution in [3.63, 3.8) is 0 Å². The van der Waals surface area contributed by atoms with Crippen molar-refractivity contribution in [2.45, 2.75) is 53.5 Å². The lowest BCUT2D eigenvalue weighted by atomic mass is 9.99. The number of aromatic amines is 1. The molecule has 2 rings (SSSR count). The summed E-state index contributed by atoms with van der Waals surface area (Å²) in [6, 6.07) is 8.23. The van der Waals surface area contributed by atoms with Gasteiger partial charge in [-0.1, -0.05) is 57.0 Å². The summed E-state index contributed by atoms with van der Waals surface area (Å²) >= 11 is 0. The number of aromatic nitrogens is 2. The van der Waals surface area contributed by atoms with Gasteiger partial charge in [-0.3, -0.25) is 14.6 Å². The van der Waals surface area contributed by atoms with Crippen LogP contribution in [0.5, 0.6) is 0 Å². The molecule has 3 heteroatoms. The van der Waals surface area contributed by atoms with E-state index in [1.54, 1.807) is 0 Å².